The van der Waals surface area contributed by atoms with Crippen molar-refractivity contribution < 1.29 is 0 Å². The molecule has 3 nitrogen and oxygen atoms in total. The van der Waals surface area contributed by atoms with Crippen molar-refractivity contribution in [2.45, 2.75) is 57.8 Å². The molecule has 1 heterocycles. The highest BCUT2D eigenvalue weighted by molar-refractivity contribution is 5.97. The molecule has 0 aliphatic heterocycles. The lowest BCUT2D eigenvalue weighted by Crippen LogP contribution is -2.43. The van der Waals surface area contributed by atoms with Crippen LogP contribution >= 0.6 is 0 Å². The van der Waals surface area contributed by atoms with E-state index in [2.05, 4.69) is 120 Å². The Hall–Kier alpha value is -4.89. The Morgan fingerprint density at radius 3 is 1.47 bits per heavy atom. The topological polar surface area (TPSA) is 38.7 Å². The fraction of sp³-hybridized carbons (Fsp3) is 0.214. The number of hydrogen-bond donors (Lipinski definition) is 0. The quantitative estimate of drug-likeness (QED) is 0.208. The van der Waals surface area contributed by atoms with Gasteiger partial charge in [0.25, 0.3) is 0 Å². The van der Waals surface area contributed by atoms with Crippen LogP contribution in [0.4, 0.5) is 0 Å². The van der Waals surface area contributed by atoms with Gasteiger partial charge in [-0.15, -0.1) is 0 Å². The molecule has 0 saturated carbocycles. The number of rotatable bonds is 3. The maximum absolute atomic E-state index is 5.03. The molecule has 0 saturated heterocycles. The average Bonchev–Trinajstić information content (AvgIpc) is 3.30. The van der Waals surface area contributed by atoms with E-state index in [0.29, 0.717) is 17.5 Å². The van der Waals surface area contributed by atoms with Gasteiger partial charge in [0.1, 0.15) is 0 Å². The molecule has 45 heavy (non-hydrogen) atoms. The Morgan fingerprint density at radius 2 is 0.844 bits per heavy atom. The van der Waals surface area contributed by atoms with Gasteiger partial charge in [0.2, 0.25) is 0 Å². The SMILES string of the molecule is CC1(C)c2cc(-c3nc(-c4ccccc4)nc(-c4ccccc4)n3)ccc2-c2c1ccc1c2-c2ccccc2C(C)(C)C1(C)C. The summed E-state index contributed by atoms with van der Waals surface area (Å²) in [5.74, 6) is 2.04. The molecular weight excluding hydrogens is 546 g/mol. The summed E-state index contributed by atoms with van der Waals surface area (Å²) in [7, 11) is 0. The number of fused-ring (bicyclic) bond motifs is 7. The second kappa shape index (κ2) is 9.55. The van der Waals surface area contributed by atoms with Crippen molar-refractivity contribution in [2.24, 2.45) is 0 Å². The standard InChI is InChI=1S/C42H37N3/c1-40(2)32-23-24-33-36(29-19-13-14-20-31(29)41(3,4)42(33,5)6)35(32)30-22-21-28(25-34(30)40)39-44-37(26-15-9-7-10-16-26)43-38(45-39)27-17-11-8-12-18-27/h7-25H,1-6H3. The molecule has 5 aromatic carbocycles. The molecule has 0 atom stereocenters. The molecule has 0 radical (unpaired) electrons. The molecule has 2 aliphatic rings. The first-order valence-electron chi connectivity index (χ1n) is 15.9. The minimum atomic E-state index is -0.181. The van der Waals surface area contributed by atoms with E-state index in [1.807, 2.05) is 36.4 Å². The van der Waals surface area contributed by atoms with Gasteiger partial charge >= 0.3 is 0 Å². The van der Waals surface area contributed by atoms with Crippen LogP contribution in [0.25, 0.3) is 56.4 Å². The molecule has 1 aromatic heterocycles. The van der Waals surface area contributed by atoms with Crippen molar-refractivity contribution in [3.8, 4) is 56.4 Å². The van der Waals surface area contributed by atoms with Crippen LogP contribution in [0.15, 0.2) is 115 Å². The molecule has 0 bridgehead atoms. The minimum absolute atomic E-state index is 0.00273. The summed E-state index contributed by atoms with van der Waals surface area (Å²) in [5.41, 5.74) is 13.7. The fourth-order valence-corrected chi connectivity index (χ4v) is 7.62. The van der Waals surface area contributed by atoms with Crippen LogP contribution in [0.2, 0.25) is 0 Å². The zero-order valence-corrected chi connectivity index (χ0v) is 26.8. The highest BCUT2D eigenvalue weighted by Crippen LogP contribution is 2.60. The van der Waals surface area contributed by atoms with Gasteiger partial charge in [-0.1, -0.05) is 151 Å². The van der Waals surface area contributed by atoms with E-state index >= 15 is 0 Å². The van der Waals surface area contributed by atoms with Gasteiger partial charge in [-0.25, -0.2) is 15.0 Å². The van der Waals surface area contributed by atoms with Crippen molar-refractivity contribution >= 4 is 0 Å². The first kappa shape index (κ1) is 27.6. The Labute approximate surface area is 266 Å². The number of hydrogen-bond acceptors (Lipinski definition) is 3. The normalized spacial score (nSPS) is 16.3. The van der Waals surface area contributed by atoms with Gasteiger partial charge < -0.3 is 0 Å². The van der Waals surface area contributed by atoms with E-state index in [1.165, 1.54) is 44.5 Å². The van der Waals surface area contributed by atoms with Crippen molar-refractivity contribution in [3.05, 3.63) is 138 Å². The maximum atomic E-state index is 5.03. The second-order valence-electron chi connectivity index (χ2n) is 14.1. The van der Waals surface area contributed by atoms with Crippen molar-refractivity contribution in [1.29, 1.82) is 0 Å². The van der Waals surface area contributed by atoms with Crippen molar-refractivity contribution in [1.82, 2.24) is 15.0 Å². The van der Waals surface area contributed by atoms with Crippen molar-refractivity contribution in [3.63, 3.8) is 0 Å². The summed E-state index contributed by atoms with van der Waals surface area (Å²) in [6, 6.07) is 41.0. The third-order valence-electron chi connectivity index (χ3n) is 10.9. The lowest BCUT2D eigenvalue weighted by molar-refractivity contribution is 0.299. The van der Waals surface area contributed by atoms with Gasteiger partial charge in [0.05, 0.1) is 0 Å². The van der Waals surface area contributed by atoms with Crippen LogP contribution in [-0.4, -0.2) is 15.0 Å². The molecule has 0 fully saturated rings. The molecule has 220 valence electrons. The predicted molar refractivity (Wildman–Crippen MR) is 185 cm³/mol. The molecule has 3 heteroatoms. The molecule has 0 amide bonds. The third-order valence-corrected chi connectivity index (χ3v) is 10.9. The Kier molecular flexibility index (Phi) is 5.87. The maximum Gasteiger partial charge on any atom is 0.164 e. The fourth-order valence-electron chi connectivity index (χ4n) is 7.62. The van der Waals surface area contributed by atoms with Gasteiger partial charge in [0.15, 0.2) is 17.5 Å². The summed E-state index contributed by atoms with van der Waals surface area (Å²) in [5, 5.41) is 0. The zero-order chi connectivity index (χ0) is 31.1. The van der Waals surface area contributed by atoms with Crippen LogP contribution in [-0.2, 0) is 16.2 Å². The molecule has 0 N–H and O–H groups in total. The van der Waals surface area contributed by atoms with E-state index in [1.54, 1.807) is 0 Å². The minimum Gasteiger partial charge on any atom is -0.208 e. The summed E-state index contributed by atoms with van der Waals surface area (Å²) in [6.07, 6.45) is 0. The summed E-state index contributed by atoms with van der Waals surface area (Å²) in [4.78, 5) is 15.0. The molecule has 0 spiro atoms. The molecule has 0 unspecified atom stereocenters. The van der Waals surface area contributed by atoms with Gasteiger partial charge in [-0.05, 0) is 61.4 Å². The van der Waals surface area contributed by atoms with Gasteiger partial charge in [-0.3, -0.25) is 0 Å². The first-order valence-corrected chi connectivity index (χ1v) is 15.9. The smallest absolute Gasteiger partial charge is 0.164 e. The largest absolute Gasteiger partial charge is 0.208 e. The monoisotopic (exact) mass is 583 g/mol. The molecular formula is C42H37N3. The first-order chi connectivity index (χ1) is 21.6. The average molecular weight is 584 g/mol. The summed E-state index contributed by atoms with van der Waals surface area (Å²) in [6.45, 7) is 14.3. The number of aromatic nitrogens is 3. The van der Waals surface area contributed by atoms with E-state index in [0.717, 1.165) is 16.7 Å². The van der Waals surface area contributed by atoms with Crippen LogP contribution in [0.5, 0.6) is 0 Å². The van der Waals surface area contributed by atoms with E-state index in [-0.39, 0.29) is 16.2 Å². The van der Waals surface area contributed by atoms with Crippen LogP contribution in [0.3, 0.4) is 0 Å². The van der Waals surface area contributed by atoms with E-state index in [9.17, 15) is 0 Å². The van der Waals surface area contributed by atoms with E-state index in [4.69, 9.17) is 15.0 Å². The number of nitrogens with zero attached hydrogens (tertiary/aromatic N) is 3. The highest BCUT2D eigenvalue weighted by Gasteiger charge is 2.48. The Morgan fingerprint density at radius 1 is 0.378 bits per heavy atom. The van der Waals surface area contributed by atoms with Crippen molar-refractivity contribution in [2.75, 3.05) is 0 Å². The summed E-state index contributed by atoms with van der Waals surface area (Å²) >= 11 is 0. The Bertz CT molecular complexity index is 2060. The van der Waals surface area contributed by atoms with Crippen LogP contribution in [0, 0.1) is 0 Å². The lowest BCUT2D eigenvalue weighted by Gasteiger charge is -2.49. The third kappa shape index (κ3) is 3.93. The predicted octanol–water partition coefficient (Wildman–Crippen LogP) is 10.4. The van der Waals surface area contributed by atoms with E-state index < -0.39 is 0 Å². The molecule has 6 aromatic rings. The highest BCUT2D eigenvalue weighted by atomic mass is 15.0. The molecule has 2 aliphatic carbocycles. The van der Waals surface area contributed by atoms with Gasteiger partial charge in [0, 0.05) is 22.1 Å². The van der Waals surface area contributed by atoms with Gasteiger partial charge in [-0.2, -0.15) is 0 Å². The zero-order valence-electron chi connectivity index (χ0n) is 26.8. The lowest BCUT2D eigenvalue weighted by atomic mass is 9.54. The summed E-state index contributed by atoms with van der Waals surface area (Å²) < 4.78 is 0. The second-order valence-corrected chi connectivity index (χ2v) is 14.1. The molecule has 8 rings (SSSR count). The van der Waals surface area contributed by atoms with Crippen LogP contribution < -0.4 is 0 Å². The number of benzene rings is 5. The van der Waals surface area contributed by atoms with Crippen LogP contribution in [0.1, 0.15) is 63.8 Å². The Balaban J connectivity index is 1.34.